The molecule has 0 saturated heterocycles. The van der Waals surface area contributed by atoms with Gasteiger partial charge in [0.2, 0.25) is 0 Å². The fraction of sp³-hybridized carbons (Fsp3) is 0.714. The molecule has 9 heteroatoms. The summed E-state index contributed by atoms with van der Waals surface area (Å²) in [4.78, 5) is 8.03. The molecule has 0 amide bonds. The minimum absolute atomic E-state index is 0.208. The quantitative estimate of drug-likeness (QED) is 0.337. The molecule has 16 heavy (non-hydrogen) atoms. The van der Waals surface area contributed by atoms with E-state index in [0.29, 0.717) is 11.7 Å². The van der Waals surface area contributed by atoms with Crippen molar-refractivity contribution in [3.05, 3.63) is 0 Å². The second-order valence-corrected chi connectivity index (χ2v) is 5.21. The molecule has 1 heterocycles. The summed E-state index contributed by atoms with van der Waals surface area (Å²) in [5, 5.41) is 1.00. The molecule has 0 aromatic carbocycles. The van der Waals surface area contributed by atoms with E-state index in [2.05, 4.69) is 15.5 Å². The number of hydrogen-bond donors (Lipinski definition) is 3. The molecule has 4 N–H and O–H groups in total. The maximum Gasteiger partial charge on any atom is 0.309 e. The van der Waals surface area contributed by atoms with E-state index in [0.717, 1.165) is 17.9 Å². The van der Waals surface area contributed by atoms with Crippen LogP contribution in [0.4, 0.5) is 0 Å². The summed E-state index contributed by atoms with van der Waals surface area (Å²) in [6.45, 7) is 1.59. The van der Waals surface area contributed by atoms with Gasteiger partial charge in [0.15, 0.2) is 0 Å². The number of aliphatic imine (C=N–C) groups is 2. The molecular weight excluding hydrogens is 234 g/mol. The molecule has 1 aliphatic heterocycles. The molecule has 0 spiro atoms. The van der Waals surface area contributed by atoms with Gasteiger partial charge in [0.05, 0.1) is 0 Å². The van der Waals surface area contributed by atoms with Crippen molar-refractivity contribution in [2.24, 2.45) is 21.7 Å². The van der Waals surface area contributed by atoms with Crippen molar-refractivity contribution in [3.8, 4) is 0 Å². The van der Waals surface area contributed by atoms with E-state index >= 15 is 0 Å². The van der Waals surface area contributed by atoms with Crippen LogP contribution in [0.1, 0.15) is 19.8 Å². The zero-order chi connectivity index (χ0) is 11.9. The van der Waals surface area contributed by atoms with Crippen LogP contribution in [0.5, 0.6) is 0 Å². The van der Waals surface area contributed by atoms with Gasteiger partial charge in [-0.15, -0.1) is 0 Å². The Bertz CT molecular complexity index is 453. The Morgan fingerprint density at radius 2 is 2.19 bits per heavy atom. The molecule has 0 bridgehead atoms. The molecule has 2 aliphatic rings. The lowest BCUT2D eigenvalue weighted by Crippen LogP contribution is -2.55. The van der Waals surface area contributed by atoms with E-state index in [4.69, 9.17) is 10.4 Å². The van der Waals surface area contributed by atoms with Crippen molar-refractivity contribution in [2.45, 2.75) is 25.3 Å². The van der Waals surface area contributed by atoms with E-state index in [-0.39, 0.29) is 5.92 Å². The smallest absolute Gasteiger partial charge is 0.282 e. The van der Waals surface area contributed by atoms with Gasteiger partial charge in [-0.3, -0.25) is 10.4 Å². The topological polar surface area (TPSA) is 120 Å². The molecular formula is C7H13N5O3S. The van der Waals surface area contributed by atoms with Crippen LogP contribution in [-0.4, -0.2) is 35.1 Å². The van der Waals surface area contributed by atoms with Crippen LogP contribution in [0.2, 0.25) is 0 Å². The van der Waals surface area contributed by atoms with E-state index in [1.165, 1.54) is 0 Å². The van der Waals surface area contributed by atoms with Crippen LogP contribution in [0, 0.1) is 5.92 Å². The van der Waals surface area contributed by atoms with Crippen LogP contribution in [0.15, 0.2) is 9.98 Å². The molecule has 1 saturated carbocycles. The first-order chi connectivity index (χ1) is 7.43. The molecule has 1 unspecified atom stereocenters. The Hall–Kier alpha value is -1.03. The Morgan fingerprint density at radius 1 is 1.56 bits per heavy atom. The average molecular weight is 247 g/mol. The predicted octanol–water partition coefficient (Wildman–Crippen LogP) is -0.921. The Morgan fingerprint density at radius 3 is 2.62 bits per heavy atom. The highest BCUT2D eigenvalue weighted by Gasteiger charge is 2.38. The Balaban J connectivity index is 2.37. The third-order valence-electron chi connectivity index (χ3n) is 2.44. The highest BCUT2D eigenvalue weighted by Crippen LogP contribution is 2.33. The van der Waals surface area contributed by atoms with Crippen molar-refractivity contribution >= 4 is 21.8 Å². The van der Waals surface area contributed by atoms with Gasteiger partial charge in [-0.1, -0.05) is 0 Å². The van der Waals surface area contributed by atoms with E-state index < -0.39 is 15.6 Å². The minimum atomic E-state index is -4.34. The maximum atomic E-state index is 11.1. The number of amidine groups is 2. The van der Waals surface area contributed by atoms with E-state index in [9.17, 15) is 8.42 Å². The van der Waals surface area contributed by atoms with Crippen LogP contribution < -0.4 is 11.4 Å². The summed E-state index contributed by atoms with van der Waals surface area (Å²) < 4.78 is 31.3. The van der Waals surface area contributed by atoms with Crippen molar-refractivity contribution in [3.63, 3.8) is 0 Å². The summed E-state index contributed by atoms with van der Waals surface area (Å²) in [6.07, 6.45) is 1.90. The fourth-order valence-electron chi connectivity index (χ4n) is 1.47. The number of nitrogens with one attached hydrogen (secondary N) is 1. The maximum absolute atomic E-state index is 11.1. The normalized spacial score (nSPS) is 26.4. The van der Waals surface area contributed by atoms with Crippen molar-refractivity contribution < 1.29 is 13.0 Å². The zero-order valence-corrected chi connectivity index (χ0v) is 9.48. The van der Waals surface area contributed by atoms with Gasteiger partial charge in [0.25, 0.3) is 5.50 Å². The van der Waals surface area contributed by atoms with Gasteiger partial charge in [0.1, 0.15) is 11.7 Å². The van der Waals surface area contributed by atoms with E-state index in [1.807, 2.05) is 0 Å². The Kier molecular flexibility index (Phi) is 2.70. The molecule has 1 aliphatic carbocycles. The van der Waals surface area contributed by atoms with Crippen molar-refractivity contribution in [2.75, 3.05) is 0 Å². The highest BCUT2D eigenvalue weighted by molar-refractivity contribution is 7.86. The second kappa shape index (κ2) is 3.77. The lowest BCUT2D eigenvalue weighted by molar-refractivity contribution is 0.270. The minimum Gasteiger partial charge on any atom is -0.282 e. The molecule has 90 valence electrons. The molecule has 2 rings (SSSR count). The third-order valence-corrected chi connectivity index (χ3v) is 3.29. The second-order valence-electron chi connectivity index (χ2n) is 3.76. The monoisotopic (exact) mass is 247 g/mol. The van der Waals surface area contributed by atoms with Crippen LogP contribution in [0.25, 0.3) is 0 Å². The van der Waals surface area contributed by atoms with Crippen molar-refractivity contribution in [1.82, 2.24) is 10.5 Å². The summed E-state index contributed by atoms with van der Waals surface area (Å²) in [6, 6.07) is 0. The lowest BCUT2D eigenvalue weighted by Gasteiger charge is -2.30. The average Bonchev–Trinajstić information content (AvgIpc) is 2.98. The summed E-state index contributed by atoms with van der Waals surface area (Å²) in [5.41, 5.74) is 0.693. The summed E-state index contributed by atoms with van der Waals surface area (Å²) in [5.74, 6) is 6.20. The third kappa shape index (κ3) is 2.07. The summed E-state index contributed by atoms with van der Waals surface area (Å²) >= 11 is 0. The van der Waals surface area contributed by atoms with Gasteiger partial charge >= 0.3 is 10.1 Å². The summed E-state index contributed by atoms with van der Waals surface area (Å²) in [7, 11) is -4.34. The van der Waals surface area contributed by atoms with Gasteiger partial charge in [-0.25, -0.2) is 15.0 Å². The molecule has 1 atom stereocenters. The van der Waals surface area contributed by atoms with Gasteiger partial charge < -0.3 is 0 Å². The zero-order valence-electron chi connectivity index (χ0n) is 8.66. The number of rotatable bonds is 3. The van der Waals surface area contributed by atoms with E-state index in [1.54, 1.807) is 6.92 Å². The molecule has 1 fully saturated rings. The highest BCUT2D eigenvalue weighted by atomic mass is 32.2. The van der Waals surface area contributed by atoms with Gasteiger partial charge in [-0.05, 0) is 19.8 Å². The number of hydrazine groups is 2. The largest absolute Gasteiger partial charge is 0.309 e. The lowest BCUT2D eigenvalue weighted by atomic mass is 10.4. The molecule has 0 radical (unpaired) electrons. The Labute approximate surface area is 92.9 Å². The first-order valence-corrected chi connectivity index (χ1v) is 6.28. The number of hydrogen-bond acceptors (Lipinski definition) is 7. The van der Waals surface area contributed by atoms with Gasteiger partial charge in [-0.2, -0.15) is 14.0 Å². The predicted molar refractivity (Wildman–Crippen MR) is 57.8 cm³/mol. The standard InChI is InChI=1S/C7H13N5O3S/c1-4-9-6(5-2-3-5)10-7(12(4)11-8)16(13,14)15/h5,7,11H,2-3,8H2,1H3,(H,13,14,15). The first-order valence-electron chi connectivity index (χ1n) is 4.78. The van der Waals surface area contributed by atoms with Crippen LogP contribution >= 0.6 is 0 Å². The molecule has 0 aromatic rings. The molecule has 8 nitrogen and oxygen atoms in total. The van der Waals surface area contributed by atoms with Gasteiger partial charge in [0, 0.05) is 5.92 Å². The van der Waals surface area contributed by atoms with Crippen molar-refractivity contribution in [1.29, 1.82) is 0 Å². The SMILES string of the molecule is CC1=NC(C2CC2)=NC(S(=O)(=O)O)N1NN. The number of nitrogens with two attached hydrogens (primary N) is 1. The number of nitrogens with zero attached hydrogens (tertiary/aromatic N) is 3. The first kappa shape index (κ1) is 11.5. The molecule has 0 aromatic heterocycles. The fourth-order valence-corrected chi connectivity index (χ4v) is 2.20. The van der Waals surface area contributed by atoms with Crippen LogP contribution in [0.3, 0.4) is 0 Å². The van der Waals surface area contributed by atoms with Crippen LogP contribution in [-0.2, 0) is 10.1 Å².